The molecule has 1 saturated carbocycles. The average molecular weight is 283 g/mol. The van der Waals surface area contributed by atoms with E-state index in [9.17, 15) is 4.79 Å². The zero-order chi connectivity index (χ0) is 14.7. The topological polar surface area (TPSA) is 79.8 Å². The van der Waals surface area contributed by atoms with Crippen molar-refractivity contribution in [2.24, 2.45) is 0 Å². The van der Waals surface area contributed by atoms with Crippen LogP contribution in [0, 0.1) is 6.92 Å². The highest BCUT2D eigenvalue weighted by molar-refractivity contribution is 5.93. The van der Waals surface area contributed by atoms with Gasteiger partial charge in [0.25, 0.3) is 5.91 Å². The lowest BCUT2D eigenvalue weighted by Gasteiger charge is -2.08. The van der Waals surface area contributed by atoms with Crippen LogP contribution in [0.25, 0.3) is 0 Å². The fourth-order valence-corrected chi connectivity index (χ4v) is 1.93. The lowest BCUT2D eigenvalue weighted by atomic mass is 10.3. The molecule has 1 fully saturated rings. The summed E-state index contributed by atoms with van der Waals surface area (Å²) in [5.74, 6) is 0.326. The third kappa shape index (κ3) is 3.75. The highest BCUT2D eigenvalue weighted by Crippen LogP contribution is 2.19. The first-order valence-corrected chi connectivity index (χ1v) is 7.00. The molecule has 0 aliphatic heterocycles. The van der Waals surface area contributed by atoms with Crippen LogP contribution in [0.5, 0.6) is 0 Å². The van der Waals surface area contributed by atoms with Gasteiger partial charge >= 0.3 is 0 Å². The highest BCUT2D eigenvalue weighted by Gasteiger charge is 2.24. The number of nitrogens with one attached hydrogen (secondary N) is 2. The predicted octanol–water partition coefficient (Wildman–Crippen LogP) is 1.68. The van der Waals surface area contributed by atoms with Crippen molar-refractivity contribution in [3.8, 4) is 0 Å². The van der Waals surface area contributed by atoms with Gasteiger partial charge in [-0.1, -0.05) is 6.07 Å². The number of aromatic nitrogens is 3. The van der Waals surface area contributed by atoms with Crippen molar-refractivity contribution in [2.45, 2.75) is 32.4 Å². The van der Waals surface area contributed by atoms with Gasteiger partial charge in [0.15, 0.2) is 0 Å². The van der Waals surface area contributed by atoms with Crippen molar-refractivity contribution in [1.29, 1.82) is 0 Å². The van der Waals surface area contributed by atoms with Crippen molar-refractivity contribution in [3.63, 3.8) is 0 Å². The Morgan fingerprint density at radius 2 is 2.24 bits per heavy atom. The average Bonchev–Trinajstić information content (AvgIpc) is 3.29. The fourth-order valence-electron chi connectivity index (χ4n) is 1.93. The molecule has 2 N–H and O–H groups in total. The summed E-state index contributed by atoms with van der Waals surface area (Å²) in [7, 11) is 0. The Morgan fingerprint density at radius 3 is 2.95 bits per heavy atom. The molecule has 2 aromatic heterocycles. The maximum atomic E-state index is 12.0. The molecule has 3 rings (SSSR count). The molecule has 0 spiro atoms. The molecular formula is C15H17N5O. The van der Waals surface area contributed by atoms with E-state index in [1.165, 1.54) is 0 Å². The molecule has 1 aliphatic rings. The van der Waals surface area contributed by atoms with Crippen LogP contribution in [0.15, 0.2) is 30.6 Å². The second-order valence-electron chi connectivity index (χ2n) is 5.18. The molecule has 2 heterocycles. The third-order valence-electron chi connectivity index (χ3n) is 3.17. The van der Waals surface area contributed by atoms with Crippen LogP contribution < -0.4 is 10.6 Å². The van der Waals surface area contributed by atoms with E-state index in [1.807, 2.05) is 19.1 Å². The summed E-state index contributed by atoms with van der Waals surface area (Å²) in [6.45, 7) is 2.42. The molecule has 1 amide bonds. The number of carbonyl (C=O) groups is 1. The van der Waals surface area contributed by atoms with E-state index in [1.54, 1.807) is 18.5 Å². The van der Waals surface area contributed by atoms with Gasteiger partial charge in [-0.15, -0.1) is 0 Å². The van der Waals surface area contributed by atoms with Crippen LogP contribution in [0.3, 0.4) is 0 Å². The normalized spacial score (nSPS) is 13.8. The van der Waals surface area contributed by atoms with Crippen molar-refractivity contribution < 1.29 is 4.79 Å². The number of hydrogen-bond donors (Lipinski definition) is 2. The molecule has 6 nitrogen and oxygen atoms in total. The Hall–Kier alpha value is -2.50. The maximum absolute atomic E-state index is 12.0. The van der Waals surface area contributed by atoms with Crippen molar-refractivity contribution in [3.05, 3.63) is 47.5 Å². The van der Waals surface area contributed by atoms with Gasteiger partial charge in [0.05, 0.1) is 0 Å². The van der Waals surface area contributed by atoms with E-state index in [0.717, 1.165) is 24.1 Å². The fraction of sp³-hybridized carbons (Fsp3) is 0.333. The lowest BCUT2D eigenvalue weighted by Crippen LogP contribution is -2.26. The number of aryl methyl sites for hydroxylation is 1. The number of anilines is 1. The first-order chi connectivity index (χ1) is 10.2. The molecule has 1 aliphatic carbocycles. The monoisotopic (exact) mass is 283 g/mol. The summed E-state index contributed by atoms with van der Waals surface area (Å²) in [6.07, 6.45) is 5.63. The molecular weight excluding hydrogens is 266 g/mol. The van der Waals surface area contributed by atoms with Gasteiger partial charge in [-0.2, -0.15) is 0 Å². The quantitative estimate of drug-likeness (QED) is 0.872. The zero-order valence-electron chi connectivity index (χ0n) is 11.8. The minimum absolute atomic E-state index is 0.132. The van der Waals surface area contributed by atoms with Crippen LogP contribution >= 0.6 is 0 Å². The Bertz CT molecular complexity index is 640. The zero-order valence-corrected chi connectivity index (χ0v) is 11.8. The molecule has 0 atom stereocenters. The Labute approximate surface area is 123 Å². The summed E-state index contributed by atoms with van der Waals surface area (Å²) >= 11 is 0. The summed E-state index contributed by atoms with van der Waals surface area (Å²) in [6, 6.07) is 5.87. The van der Waals surface area contributed by atoms with Gasteiger partial charge in [0.2, 0.25) is 5.95 Å². The van der Waals surface area contributed by atoms with Gasteiger partial charge < -0.3 is 10.6 Å². The van der Waals surface area contributed by atoms with Gasteiger partial charge in [-0.3, -0.25) is 9.78 Å². The van der Waals surface area contributed by atoms with E-state index in [2.05, 4.69) is 25.6 Å². The molecule has 2 aromatic rings. The number of hydrogen-bond acceptors (Lipinski definition) is 5. The smallest absolute Gasteiger partial charge is 0.270 e. The molecule has 0 saturated heterocycles. The van der Waals surface area contributed by atoms with Crippen molar-refractivity contribution in [1.82, 2.24) is 20.3 Å². The highest BCUT2D eigenvalue weighted by atomic mass is 16.2. The number of amides is 1. The van der Waals surface area contributed by atoms with Crippen LogP contribution in [0.1, 0.15) is 34.6 Å². The molecule has 0 bridgehead atoms. The number of carbonyl (C=O) groups excluding carboxylic acids is 1. The van der Waals surface area contributed by atoms with Gasteiger partial charge in [-0.25, -0.2) is 9.97 Å². The number of rotatable bonds is 5. The standard InChI is InChI=1S/C15H17N5O/c1-10-7-13(14(21)19-12-4-5-12)20-15(18-10)17-9-11-3-2-6-16-8-11/h2-3,6-8,12H,4-5,9H2,1H3,(H,19,21)(H,17,18,20). The minimum atomic E-state index is -0.132. The Balaban J connectivity index is 1.69. The predicted molar refractivity (Wildman–Crippen MR) is 78.8 cm³/mol. The second kappa shape index (κ2) is 5.87. The van der Waals surface area contributed by atoms with Gasteiger partial charge in [0, 0.05) is 30.7 Å². The number of pyridine rings is 1. The van der Waals surface area contributed by atoms with E-state index >= 15 is 0 Å². The summed E-state index contributed by atoms with van der Waals surface area (Å²) < 4.78 is 0. The SMILES string of the molecule is Cc1cc(C(=O)NC2CC2)nc(NCc2cccnc2)n1. The summed E-state index contributed by atoms with van der Waals surface area (Å²) in [4.78, 5) is 24.7. The van der Waals surface area contributed by atoms with Crippen LogP contribution in [-0.2, 0) is 6.54 Å². The summed E-state index contributed by atoms with van der Waals surface area (Å²) in [5.41, 5.74) is 2.20. The van der Waals surface area contributed by atoms with Gasteiger partial charge in [0.1, 0.15) is 5.69 Å². The second-order valence-corrected chi connectivity index (χ2v) is 5.18. The van der Waals surface area contributed by atoms with E-state index in [-0.39, 0.29) is 5.91 Å². The number of nitrogens with zero attached hydrogens (tertiary/aromatic N) is 3. The summed E-state index contributed by atoms with van der Waals surface area (Å²) in [5, 5.41) is 6.06. The lowest BCUT2D eigenvalue weighted by molar-refractivity contribution is 0.0946. The van der Waals surface area contributed by atoms with E-state index in [4.69, 9.17) is 0 Å². The molecule has 108 valence electrons. The first kappa shape index (κ1) is 13.5. The van der Waals surface area contributed by atoms with Crippen LogP contribution in [0.4, 0.5) is 5.95 Å². The van der Waals surface area contributed by atoms with E-state index in [0.29, 0.717) is 24.2 Å². The first-order valence-electron chi connectivity index (χ1n) is 7.00. The Kier molecular flexibility index (Phi) is 3.77. The Morgan fingerprint density at radius 1 is 1.38 bits per heavy atom. The largest absolute Gasteiger partial charge is 0.350 e. The van der Waals surface area contributed by atoms with Crippen LogP contribution in [-0.4, -0.2) is 26.9 Å². The van der Waals surface area contributed by atoms with Crippen molar-refractivity contribution >= 4 is 11.9 Å². The van der Waals surface area contributed by atoms with Crippen LogP contribution in [0.2, 0.25) is 0 Å². The molecule has 0 radical (unpaired) electrons. The minimum Gasteiger partial charge on any atom is -0.350 e. The molecule has 21 heavy (non-hydrogen) atoms. The van der Waals surface area contributed by atoms with E-state index < -0.39 is 0 Å². The molecule has 6 heteroatoms. The maximum Gasteiger partial charge on any atom is 0.270 e. The van der Waals surface area contributed by atoms with Crippen molar-refractivity contribution in [2.75, 3.05) is 5.32 Å². The van der Waals surface area contributed by atoms with Gasteiger partial charge in [-0.05, 0) is 37.5 Å². The molecule has 0 unspecified atom stereocenters. The molecule has 0 aromatic carbocycles. The third-order valence-corrected chi connectivity index (χ3v) is 3.17.